The smallest absolute Gasteiger partial charge is 0.382 e. The van der Waals surface area contributed by atoms with Gasteiger partial charge in [0.25, 0.3) is 5.91 Å². The molecule has 2 rings (SSSR count). The monoisotopic (exact) mass is 308 g/mol. The van der Waals surface area contributed by atoms with Crippen molar-refractivity contribution >= 4 is 23.3 Å². The minimum absolute atomic E-state index is 0.387. The summed E-state index contributed by atoms with van der Waals surface area (Å²) in [6.07, 6.45) is -7.65. The third-order valence-electron chi connectivity index (χ3n) is 3.02. The molecule has 0 bridgehead atoms. The van der Waals surface area contributed by atoms with Crippen molar-refractivity contribution in [3.8, 4) is 0 Å². The van der Waals surface area contributed by atoms with Crippen LogP contribution in [0.15, 0.2) is 17.5 Å². The molecule has 20 heavy (non-hydrogen) atoms. The van der Waals surface area contributed by atoms with Crippen LogP contribution in [0.3, 0.4) is 0 Å². The van der Waals surface area contributed by atoms with E-state index in [1.54, 1.807) is 17.5 Å². The topological polar surface area (TPSA) is 69.6 Å². The zero-order chi connectivity index (χ0) is 15.1. The molecule has 3 amide bonds. The van der Waals surface area contributed by atoms with Crippen molar-refractivity contribution in [1.29, 1.82) is 0 Å². The summed E-state index contributed by atoms with van der Waals surface area (Å²) in [4.78, 5) is 24.7. The first kappa shape index (κ1) is 14.8. The van der Waals surface area contributed by atoms with Gasteiger partial charge >= 0.3 is 12.2 Å². The van der Waals surface area contributed by atoms with Gasteiger partial charge in [-0.1, -0.05) is 6.07 Å². The van der Waals surface area contributed by atoms with Gasteiger partial charge in [-0.3, -0.25) is 9.69 Å². The van der Waals surface area contributed by atoms with E-state index in [1.165, 1.54) is 18.3 Å². The number of amides is 3. The van der Waals surface area contributed by atoms with Crippen LogP contribution >= 0.6 is 11.3 Å². The average molecular weight is 308 g/mol. The molecular weight excluding hydrogens is 297 g/mol. The zero-order valence-corrected chi connectivity index (χ0v) is 11.1. The number of hydrogen-bond acceptors (Lipinski definition) is 4. The van der Waals surface area contributed by atoms with Gasteiger partial charge in [-0.15, -0.1) is 11.3 Å². The fourth-order valence-electron chi connectivity index (χ4n) is 1.87. The Morgan fingerprint density at radius 3 is 2.65 bits per heavy atom. The number of thiophene rings is 1. The third kappa shape index (κ3) is 2.38. The summed E-state index contributed by atoms with van der Waals surface area (Å²) in [5, 5.41) is 13.0. The molecule has 2 unspecified atom stereocenters. The van der Waals surface area contributed by atoms with Gasteiger partial charge in [0.05, 0.1) is 6.54 Å². The normalized spacial score (nSPS) is 24.9. The van der Waals surface area contributed by atoms with E-state index in [1.807, 2.05) is 0 Å². The van der Waals surface area contributed by atoms with E-state index in [-0.39, 0.29) is 0 Å². The third-order valence-corrected chi connectivity index (χ3v) is 4.11. The molecule has 0 aliphatic carbocycles. The Bertz CT molecular complexity index is 532. The number of urea groups is 1. The van der Waals surface area contributed by atoms with Crippen LogP contribution in [0.5, 0.6) is 0 Å². The molecule has 110 valence electrons. The number of carbonyl (C=O) groups is 2. The number of nitrogens with zero attached hydrogens (tertiary/aromatic N) is 1. The van der Waals surface area contributed by atoms with E-state index in [9.17, 15) is 22.8 Å². The molecule has 1 aromatic heterocycles. The standard InChI is InChI=1S/C11H11F3N2O3S/c1-10(7-3-2-4-20-7)8(18)16(9(19)15-10)5-6(17)11(12,13)14/h2-4,6,17H,5H2,1H3,(H,15,19). The average Bonchev–Trinajstić information content (AvgIpc) is 2.92. The molecule has 1 aliphatic rings. The van der Waals surface area contributed by atoms with Crippen molar-refractivity contribution in [3.63, 3.8) is 0 Å². The van der Waals surface area contributed by atoms with Gasteiger partial charge in [0.1, 0.15) is 0 Å². The maximum absolute atomic E-state index is 12.3. The van der Waals surface area contributed by atoms with Crippen LogP contribution in [0.4, 0.5) is 18.0 Å². The van der Waals surface area contributed by atoms with Crippen molar-refractivity contribution in [2.75, 3.05) is 6.54 Å². The number of rotatable bonds is 3. The van der Waals surface area contributed by atoms with Crippen LogP contribution in [0, 0.1) is 0 Å². The van der Waals surface area contributed by atoms with E-state index in [2.05, 4.69) is 5.32 Å². The number of hydrogen-bond donors (Lipinski definition) is 2. The van der Waals surface area contributed by atoms with E-state index in [0.717, 1.165) is 0 Å². The number of imide groups is 1. The summed E-state index contributed by atoms with van der Waals surface area (Å²) < 4.78 is 36.9. The number of aliphatic hydroxyl groups excluding tert-OH is 1. The second-order valence-corrected chi connectivity index (χ2v) is 5.45. The van der Waals surface area contributed by atoms with Crippen molar-refractivity contribution in [3.05, 3.63) is 22.4 Å². The second kappa shape index (κ2) is 4.74. The molecule has 0 aromatic carbocycles. The summed E-state index contributed by atoms with van der Waals surface area (Å²) in [7, 11) is 0. The van der Waals surface area contributed by atoms with Gasteiger partial charge in [-0.05, 0) is 18.4 Å². The lowest BCUT2D eigenvalue weighted by Crippen LogP contribution is -2.45. The Morgan fingerprint density at radius 2 is 2.15 bits per heavy atom. The molecular formula is C11H11F3N2O3S. The van der Waals surface area contributed by atoms with Crippen LogP contribution in [-0.4, -0.2) is 40.8 Å². The molecule has 9 heteroatoms. The molecule has 2 heterocycles. The number of halogens is 3. The molecule has 1 aliphatic heterocycles. The predicted molar refractivity (Wildman–Crippen MR) is 64.0 cm³/mol. The summed E-state index contributed by atoms with van der Waals surface area (Å²) >= 11 is 1.20. The number of β-amino-alcohol motifs (C(OH)–C–C–N with tert-alkyl or cyclic N) is 1. The highest BCUT2D eigenvalue weighted by molar-refractivity contribution is 7.10. The molecule has 0 spiro atoms. The Morgan fingerprint density at radius 1 is 1.50 bits per heavy atom. The summed E-state index contributed by atoms with van der Waals surface area (Å²) in [5.74, 6) is -0.812. The maximum Gasteiger partial charge on any atom is 0.416 e. The fourth-order valence-corrected chi connectivity index (χ4v) is 2.70. The molecule has 5 nitrogen and oxygen atoms in total. The highest BCUT2D eigenvalue weighted by atomic mass is 32.1. The molecule has 2 atom stereocenters. The Balaban J connectivity index is 2.22. The second-order valence-electron chi connectivity index (χ2n) is 4.51. The van der Waals surface area contributed by atoms with Gasteiger partial charge in [-0.2, -0.15) is 13.2 Å². The molecule has 1 fully saturated rings. The number of nitrogens with one attached hydrogen (secondary N) is 1. The molecule has 1 aromatic rings. The van der Waals surface area contributed by atoms with E-state index < -0.39 is 36.3 Å². The number of carbonyl (C=O) groups excluding carboxylic acids is 2. The first-order valence-corrected chi connectivity index (χ1v) is 6.47. The number of alkyl halides is 3. The van der Waals surface area contributed by atoms with Gasteiger partial charge in [0, 0.05) is 4.88 Å². The minimum atomic E-state index is -4.89. The van der Waals surface area contributed by atoms with Crippen molar-refractivity contribution in [2.45, 2.75) is 24.7 Å². The Labute approximate surface area is 116 Å². The summed E-state index contributed by atoms with van der Waals surface area (Å²) in [6, 6.07) is 2.32. The van der Waals surface area contributed by atoms with Crippen LogP contribution in [0.1, 0.15) is 11.8 Å². The molecule has 0 saturated carbocycles. The van der Waals surface area contributed by atoms with Crippen LogP contribution in [-0.2, 0) is 10.3 Å². The number of aliphatic hydroxyl groups is 1. The van der Waals surface area contributed by atoms with Gasteiger partial charge in [-0.25, -0.2) is 4.79 Å². The Hall–Kier alpha value is -1.61. The van der Waals surface area contributed by atoms with Gasteiger partial charge in [0.2, 0.25) is 0 Å². The quantitative estimate of drug-likeness (QED) is 0.830. The highest BCUT2D eigenvalue weighted by Gasteiger charge is 2.52. The molecule has 1 saturated heterocycles. The molecule has 0 radical (unpaired) electrons. The SMILES string of the molecule is CC1(c2cccs2)NC(=O)N(CC(O)C(F)(F)F)C1=O. The largest absolute Gasteiger partial charge is 0.416 e. The van der Waals surface area contributed by atoms with E-state index in [4.69, 9.17) is 5.11 Å². The van der Waals surface area contributed by atoms with Gasteiger partial charge < -0.3 is 10.4 Å². The summed E-state index contributed by atoms with van der Waals surface area (Å²) in [5.41, 5.74) is -1.39. The Kier molecular flexibility index (Phi) is 3.51. The van der Waals surface area contributed by atoms with E-state index in [0.29, 0.717) is 9.78 Å². The maximum atomic E-state index is 12.3. The highest BCUT2D eigenvalue weighted by Crippen LogP contribution is 2.32. The van der Waals surface area contributed by atoms with Crippen LogP contribution < -0.4 is 5.32 Å². The summed E-state index contributed by atoms with van der Waals surface area (Å²) in [6.45, 7) is 0.300. The van der Waals surface area contributed by atoms with Crippen molar-refractivity contribution < 1.29 is 27.9 Å². The predicted octanol–water partition coefficient (Wildman–Crippen LogP) is 1.44. The molecule has 2 N–H and O–H groups in total. The lowest BCUT2D eigenvalue weighted by atomic mass is 10.0. The fraction of sp³-hybridized carbons (Fsp3) is 0.455. The lowest BCUT2D eigenvalue weighted by Gasteiger charge is -2.22. The van der Waals surface area contributed by atoms with Crippen LogP contribution in [0.2, 0.25) is 0 Å². The van der Waals surface area contributed by atoms with E-state index >= 15 is 0 Å². The lowest BCUT2D eigenvalue weighted by molar-refractivity contribution is -0.206. The minimum Gasteiger partial charge on any atom is -0.382 e. The van der Waals surface area contributed by atoms with Crippen molar-refractivity contribution in [1.82, 2.24) is 10.2 Å². The van der Waals surface area contributed by atoms with Crippen LogP contribution in [0.25, 0.3) is 0 Å². The first-order chi connectivity index (χ1) is 9.16. The first-order valence-electron chi connectivity index (χ1n) is 5.59. The van der Waals surface area contributed by atoms with Gasteiger partial charge in [0.15, 0.2) is 11.6 Å². The van der Waals surface area contributed by atoms with Crippen molar-refractivity contribution in [2.24, 2.45) is 0 Å². The zero-order valence-electron chi connectivity index (χ0n) is 10.3.